The second-order valence-electron chi connectivity index (χ2n) is 8.30. The lowest BCUT2D eigenvalue weighted by Crippen LogP contribution is -2.62. The van der Waals surface area contributed by atoms with Gasteiger partial charge in [0, 0.05) is 40.0 Å². The third kappa shape index (κ3) is 7.00. The lowest BCUT2D eigenvalue weighted by atomic mass is 9.83. The van der Waals surface area contributed by atoms with Crippen LogP contribution < -0.4 is 0 Å². The smallest absolute Gasteiger partial charge is 0.367 e. The van der Waals surface area contributed by atoms with Gasteiger partial charge in [-0.05, 0) is 0 Å². The Morgan fingerprint density at radius 1 is 1.09 bits per heavy atom. The molecule has 192 valence electrons. The molecule has 2 fully saturated rings. The maximum atomic E-state index is 12.8. The summed E-state index contributed by atoms with van der Waals surface area (Å²) in [5.74, 6) is -7.05. The minimum atomic E-state index is -3.40. The molecular weight excluding hydrogens is 479 g/mol. The van der Waals surface area contributed by atoms with Gasteiger partial charge < -0.3 is 28.4 Å². The molecule has 6 atom stereocenters. The predicted molar refractivity (Wildman–Crippen MR) is 111 cm³/mol. The molecule has 2 aliphatic rings. The van der Waals surface area contributed by atoms with Crippen molar-refractivity contribution in [3.63, 3.8) is 0 Å². The number of carbonyl (C=O) groups excluding carboxylic acids is 5. The lowest BCUT2D eigenvalue weighted by Gasteiger charge is -2.46. The van der Waals surface area contributed by atoms with Crippen molar-refractivity contribution in [2.24, 2.45) is 5.92 Å². The fourth-order valence-electron chi connectivity index (χ4n) is 3.97. The van der Waals surface area contributed by atoms with E-state index < -0.39 is 79.9 Å². The van der Waals surface area contributed by atoms with Crippen LogP contribution in [0.25, 0.3) is 0 Å². The van der Waals surface area contributed by atoms with Crippen molar-refractivity contribution in [2.75, 3.05) is 27.0 Å². The lowest BCUT2D eigenvalue weighted by molar-refractivity contribution is -0.290. The van der Waals surface area contributed by atoms with E-state index in [-0.39, 0.29) is 12.8 Å². The van der Waals surface area contributed by atoms with Crippen molar-refractivity contribution < 1.29 is 61.5 Å². The Balaban J connectivity index is 2.59. The Bertz CT molecular complexity index is 880. The van der Waals surface area contributed by atoms with Crippen LogP contribution in [0, 0.1) is 5.92 Å². The molecule has 0 spiro atoms. The molecule has 0 bridgehead atoms. The van der Waals surface area contributed by atoms with E-state index in [0.29, 0.717) is 0 Å². The molecule has 2 aliphatic heterocycles. The van der Waals surface area contributed by atoms with Crippen LogP contribution in [-0.4, -0.2) is 87.1 Å². The summed E-state index contributed by atoms with van der Waals surface area (Å²) < 4.78 is 49.8. The quantitative estimate of drug-likeness (QED) is 0.241. The first kappa shape index (κ1) is 27.7. The first-order valence-corrected chi connectivity index (χ1v) is 12.9. The van der Waals surface area contributed by atoms with E-state index in [2.05, 4.69) is 0 Å². The molecule has 2 rings (SSSR count). The zero-order valence-corrected chi connectivity index (χ0v) is 20.7. The summed E-state index contributed by atoms with van der Waals surface area (Å²) in [6, 6.07) is 0. The van der Waals surface area contributed by atoms with Gasteiger partial charge in [0.05, 0.1) is 20.0 Å². The number of rotatable bonds is 9. The summed E-state index contributed by atoms with van der Waals surface area (Å²) >= 11 is 0. The van der Waals surface area contributed by atoms with Crippen molar-refractivity contribution >= 4 is 37.2 Å². The number of esters is 5. The van der Waals surface area contributed by atoms with E-state index >= 15 is 0 Å². The minimum absolute atomic E-state index is 0.180. The summed E-state index contributed by atoms with van der Waals surface area (Å²) in [5, 5.41) is 0. The number of ether oxygens (including phenoxy) is 6. The molecule has 34 heavy (non-hydrogen) atoms. The number of hydrogen-bond donors (Lipinski definition) is 0. The maximum absolute atomic E-state index is 12.8. The molecule has 0 aromatic heterocycles. The van der Waals surface area contributed by atoms with E-state index in [9.17, 15) is 28.5 Å². The molecule has 2 saturated heterocycles. The van der Waals surface area contributed by atoms with Crippen LogP contribution >= 0.6 is 7.37 Å². The molecule has 0 aliphatic carbocycles. The molecule has 0 aromatic carbocycles. The highest BCUT2D eigenvalue weighted by Crippen LogP contribution is 2.51. The van der Waals surface area contributed by atoms with Crippen LogP contribution in [0.3, 0.4) is 0 Å². The SMILES string of the molecule is COC(=O)C1(OP(C)(C)=O)CC2OC(=O)CC2C(C(OC(C)=O)C(COC(C)=O)OC(C)=O)O1. The first-order valence-electron chi connectivity index (χ1n) is 10.4. The van der Waals surface area contributed by atoms with Crippen molar-refractivity contribution in [1.82, 2.24) is 0 Å². The highest BCUT2D eigenvalue weighted by atomic mass is 31.2. The van der Waals surface area contributed by atoms with Gasteiger partial charge in [-0.25, -0.2) is 4.79 Å². The fraction of sp³-hybridized carbons (Fsp3) is 0.750. The van der Waals surface area contributed by atoms with Crippen molar-refractivity contribution in [2.45, 2.75) is 63.8 Å². The topological polar surface area (TPSA) is 167 Å². The van der Waals surface area contributed by atoms with Gasteiger partial charge >= 0.3 is 29.8 Å². The highest BCUT2D eigenvalue weighted by Gasteiger charge is 2.62. The largest absolute Gasteiger partial charge is 0.465 e. The van der Waals surface area contributed by atoms with Gasteiger partial charge in [-0.1, -0.05) is 0 Å². The molecule has 0 radical (unpaired) electrons. The first-order chi connectivity index (χ1) is 15.7. The van der Waals surface area contributed by atoms with E-state index in [4.69, 9.17) is 32.9 Å². The van der Waals surface area contributed by atoms with Crippen LogP contribution in [0.4, 0.5) is 0 Å². The van der Waals surface area contributed by atoms with E-state index in [1.54, 1.807) is 0 Å². The van der Waals surface area contributed by atoms with E-state index in [0.717, 1.165) is 27.9 Å². The predicted octanol–water partition coefficient (Wildman–Crippen LogP) is 0.557. The average Bonchev–Trinajstić information content (AvgIpc) is 3.06. The van der Waals surface area contributed by atoms with E-state index in [1.807, 2.05) is 0 Å². The van der Waals surface area contributed by atoms with Crippen molar-refractivity contribution in [1.29, 1.82) is 0 Å². The zero-order chi connectivity index (χ0) is 25.8. The summed E-state index contributed by atoms with van der Waals surface area (Å²) in [6.45, 7) is 5.26. The van der Waals surface area contributed by atoms with Gasteiger partial charge in [-0.2, -0.15) is 0 Å². The Kier molecular flexibility index (Phi) is 8.84. The van der Waals surface area contributed by atoms with Crippen LogP contribution in [0.5, 0.6) is 0 Å². The molecule has 6 unspecified atom stereocenters. The number of hydrogen-bond acceptors (Lipinski definition) is 13. The maximum Gasteiger partial charge on any atom is 0.367 e. The number of carbonyl (C=O) groups is 5. The summed E-state index contributed by atoms with van der Waals surface area (Å²) in [7, 11) is -2.35. The second-order valence-corrected chi connectivity index (χ2v) is 11.0. The molecule has 2 heterocycles. The molecule has 13 nitrogen and oxygen atoms in total. The molecule has 0 aromatic rings. The zero-order valence-electron chi connectivity index (χ0n) is 19.8. The molecule has 14 heteroatoms. The Hall–Kier alpha value is -2.50. The summed E-state index contributed by atoms with van der Waals surface area (Å²) in [6.07, 6.45) is -5.69. The number of methoxy groups -OCH3 is 1. The van der Waals surface area contributed by atoms with Crippen LogP contribution in [0.1, 0.15) is 33.6 Å². The number of fused-ring (bicyclic) bond motifs is 1. The Labute approximate surface area is 196 Å². The van der Waals surface area contributed by atoms with Gasteiger partial charge in [0.1, 0.15) is 18.8 Å². The fourth-order valence-corrected chi connectivity index (χ4v) is 4.88. The molecule has 0 amide bonds. The standard InChI is InChI=1S/C20H29O13P/c1-10(21)28-9-15(29-11(2)22)18(30-12(3)23)17-13-7-16(24)31-14(13)8-20(32-17,19(25)27-4)33-34(5,6)26/h13-15,17-18H,7-9H2,1-6H3. The molecular formula is C20H29O13P. The summed E-state index contributed by atoms with van der Waals surface area (Å²) in [4.78, 5) is 60.1. The van der Waals surface area contributed by atoms with Crippen LogP contribution in [-0.2, 0) is 61.5 Å². The van der Waals surface area contributed by atoms with E-state index in [1.165, 1.54) is 13.3 Å². The van der Waals surface area contributed by atoms with Crippen molar-refractivity contribution in [3.8, 4) is 0 Å². The Morgan fingerprint density at radius 2 is 1.71 bits per heavy atom. The van der Waals surface area contributed by atoms with Gasteiger partial charge in [-0.15, -0.1) is 0 Å². The van der Waals surface area contributed by atoms with Crippen molar-refractivity contribution in [3.05, 3.63) is 0 Å². The van der Waals surface area contributed by atoms with Gasteiger partial charge in [-0.3, -0.25) is 28.3 Å². The Morgan fingerprint density at radius 3 is 2.21 bits per heavy atom. The minimum Gasteiger partial charge on any atom is -0.465 e. The average molecular weight is 508 g/mol. The monoisotopic (exact) mass is 508 g/mol. The second kappa shape index (κ2) is 10.8. The van der Waals surface area contributed by atoms with Gasteiger partial charge in [0.15, 0.2) is 19.6 Å². The highest BCUT2D eigenvalue weighted by molar-refractivity contribution is 7.57. The van der Waals surface area contributed by atoms with Gasteiger partial charge in [0.25, 0.3) is 5.79 Å². The normalized spacial score (nSPS) is 28.1. The molecule has 0 saturated carbocycles. The third-order valence-electron chi connectivity index (χ3n) is 5.01. The third-order valence-corrected chi connectivity index (χ3v) is 5.74. The van der Waals surface area contributed by atoms with Gasteiger partial charge in [0.2, 0.25) is 0 Å². The van der Waals surface area contributed by atoms with Crippen LogP contribution in [0.15, 0.2) is 0 Å². The summed E-state index contributed by atoms with van der Waals surface area (Å²) in [5.41, 5.74) is 0. The molecule has 0 N–H and O–H groups in total. The van der Waals surface area contributed by atoms with Crippen LogP contribution in [0.2, 0.25) is 0 Å².